The number of halogens is 2. The van der Waals surface area contributed by atoms with E-state index in [1.54, 1.807) is 17.9 Å². The first-order valence-corrected chi connectivity index (χ1v) is 9.48. The topological polar surface area (TPSA) is 54.5 Å². The second-order valence-electron chi connectivity index (χ2n) is 7.28. The molecule has 0 unspecified atom stereocenters. The van der Waals surface area contributed by atoms with Crippen LogP contribution >= 0.6 is 0 Å². The number of nitrogens with one attached hydrogen (secondary N) is 1. The zero-order chi connectivity index (χ0) is 20.3. The predicted molar refractivity (Wildman–Crippen MR) is 105 cm³/mol. The van der Waals surface area contributed by atoms with Crippen molar-refractivity contribution in [2.45, 2.75) is 58.6 Å². The molecule has 2 amide bonds. The number of rotatable bonds is 6. The molecule has 7 heteroatoms. The number of ether oxygens (including phenoxy) is 1. The van der Waals surface area contributed by atoms with Crippen molar-refractivity contribution in [1.82, 2.24) is 4.98 Å². The summed E-state index contributed by atoms with van der Waals surface area (Å²) in [6.07, 6.45) is 2.88. The minimum absolute atomic E-state index is 0.0813. The normalized spacial score (nSPS) is 14.1. The maximum atomic E-state index is 13.2. The SMILES string of the molecule is Cc1ccc(NC(=O)N(c2ccccc2C(C)C)C2CCC2)c(OC(F)F)n1. The van der Waals surface area contributed by atoms with Gasteiger partial charge in [-0.3, -0.25) is 4.90 Å². The van der Waals surface area contributed by atoms with Crippen LogP contribution in [-0.4, -0.2) is 23.7 Å². The molecule has 1 aliphatic rings. The Balaban J connectivity index is 1.92. The molecule has 0 radical (unpaired) electrons. The van der Waals surface area contributed by atoms with Crippen molar-refractivity contribution in [3.05, 3.63) is 47.7 Å². The number of aromatic nitrogens is 1. The molecule has 150 valence electrons. The van der Waals surface area contributed by atoms with E-state index >= 15 is 0 Å². The third kappa shape index (κ3) is 4.40. The molecule has 5 nitrogen and oxygen atoms in total. The number of nitrogens with zero attached hydrogens (tertiary/aromatic N) is 2. The Labute approximate surface area is 163 Å². The Morgan fingerprint density at radius 1 is 1.21 bits per heavy atom. The molecular weight excluding hydrogens is 364 g/mol. The van der Waals surface area contributed by atoms with E-state index in [9.17, 15) is 13.6 Å². The molecule has 0 spiro atoms. The third-order valence-corrected chi connectivity index (χ3v) is 4.92. The van der Waals surface area contributed by atoms with Gasteiger partial charge in [-0.05, 0) is 55.9 Å². The van der Waals surface area contributed by atoms with Crippen LogP contribution in [-0.2, 0) is 0 Å². The quantitative estimate of drug-likeness (QED) is 0.689. The van der Waals surface area contributed by atoms with Crippen LogP contribution in [0.3, 0.4) is 0 Å². The summed E-state index contributed by atoms with van der Waals surface area (Å²) in [5.74, 6) is -0.0422. The summed E-state index contributed by atoms with van der Waals surface area (Å²) in [5.41, 5.74) is 2.56. The zero-order valence-corrected chi connectivity index (χ0v) is 16.3. The molecule has 0 aliphatic heterocycles. The van der Waals surface area contributed by atoms with Gasteiger partial charge in [-0.25, -0.2) is 9.78 Å². The average molecular weight is 389 g/mol. The van der Waals surface area contributed by atoms with Gasteiger partial charge in [-0.1, -0.05) is 32.0 Å². The summed E-state index contributed by atoms with van der Waals surface area (Å²) in [7, 11) is 0. The first-order chi connectivity index (χ1) is 13.4. The van der Waals surface area contributed by atoms with Crippen molar-refractivity contribution in [1.29, 1.82) is 0 Å². The minimum atomic E-state index is -3.02. The van der Waals surface area contributed by atoms with E-state index in [1.165, 1.54) is 6.07 Å². The van der Waals surface area contributed by atoms with Gasteiger partial charge in [0.1, 0.15) is 5.69 Å². The predicted octanol–water partition coefficient (Wildman–Crippen LogP) is 5.71. The molecule has 1 saturated carbocycles. The van der Waals surface area contributed by atoms with Crippen molar-refractivity contribution in [2.75, 3.05) is 10.2 Å². The van der Waals surface area contributed by atoms with Crippen molar-refractivity contribution in [3.8, 4) is 5.88 Å². The van der Waals surface area contributed by atoms with Gasteiger partial charge in [0.2, 0.25) is 5.88 Å². The molecule has 1 aliphatic carbocycles. The molecule has 1 fully saturated rings. The first-order valence-electron chi connectivity index (χ1n) is 9.48. The second-order valence-corrected chi connectivity index (χ2v) is 7.28. The lowest BCUT2D eigenvalue weighted by Crippen LogP contribution is -2.47. The van der Waals surface area contributed by atoms with Crippen molar-refractivity contribution >= 4 is 17.4 Å². The van der Waals surface area contributed by atoms with Gasteiger partial charge in [0.25, 0.3) is 0 Å². The number of benzene rings is 1. The molecule has 0 bridgehead atoms. The van der Waals surface area contributed by atoms with Gasteiger partial charge < -0.3 is 10.1 Å². The number of hydrogen-bond donors (Lipinski definition) is 1. The Bertz CT molecular complexity index is 838. The van der Waals surface area contributed by atoms with Crippen LogP contribution in [0.15, 0.2) is 36.4 Å². The van der Waals surface area contributed by atoms with Crippen LogP contribution in [0, 0.1) is 6.92 Å². The fourth-order valence-corrected chi connectivity index (χ4v) is 3.29. The molecule has 0 atom stereocenters. The molecule has 2 aromatic rings. The molecule has 1 aromatic heterocycles. The number of anilines is 2. The summed E-state index contributed by atoms with van der Waals surface area (Å²) < 4.78 is 30.0. The smallest absolute Gasteiger partial charge is 0.388 e. The molecule has 0 saturated heterocycles. The number of urea groups is 1. The van der Waals surface area contributed by atoms with Crippen LogP contribution in [0.2, 0.25) is 0 Å². The highest BCUT2D eigenvalue weighted by atomic mass is 19.3. The molecule has 1 aromatic carbocycles. The van der Waals surface area contributed by atoms with Gasteiger partial charge >= 0.3 is 12.6 Å². The van der Waals surface area contributed by atoms with E-state index in [0.717, 1.165) is 30.5 Å². The van der Waals surface area contributed by atoms with Gasteiger partial charge in [0, 0.05) is 17.4 Å². The van der Waals surface area contributed by atoms with Crippen molar-refractivity contribution in [3.63, 3.8) is 0 Å². The number of alkyl halides is 2. The van der Waals surface area contributed by atoms with E-state index in [2.05, 4.69) is 28.9 Å². The lowest BCUT2D eigenvalue weighted by molar-refractivity contribution is -0.0523. The van der Waals surface area contributed by atoms with Gasteiger partial charge in [-0.2, -0.15) is 8.78 Å². The summed E-state index contributed by atoms with van der Waals surface area (Å²) in [4.78, 5) is 18.9. The van der Waals surface area contributed by atoms with E-state index in [1.807, 2.05) is 24.3 Å². The number of para-hydroxylation sites is 1. The van der Waals surface area contributed by atoms with Gasteiger partial charge in [0.15, 0.2) is 0 Å². The number of hydrogen-bond acceptors (Lipinski definition) is 3. The highest BCUT2D eigenvalue weighted by Crippen LogP contribution is 2.35. The van der Waals surface area contributed by atoms with E-state index in [-0.39, 0.29) is 29.6 Å². The van der Waals surface area contributed by atoms with E-state index in [0.29, 0.717) is 5.69 Å². The molecule has 3 rings (SSSR count). The largest absolute Gasteiger partial charge is 0.415 e. The number of carbonyl (C=O) groups excluding carboxylic acids is 1. The third-order valence-electron chi connectivity index (χ3n) is 4.92. The summed E-state index contributed by atoms with van der Waals surface area (Å²) in [6.45, 7) is 2.81. The minimum Gasteiger partial charge on any atom is -0.415 e. The van der Waals surface area contributed by atoms with Gasteiger partial charge in [-0.15, -0.1) is 0 Å². The average Bonchev–Trinajstić information content (AvgIpc) is 2.59. The van der Waals surface area contributed by atoms with Gasteiger partial charge in [0.05, 0.1) is 0 Å². The number of pyridine rings is 1. The highest BCUT2D eigenvalue weighted by molar-refractivity contribution is 6.03. The Morgan fingerprint density at radius 3 is 2.54 bits per heavy atom. The molecule has 1 N–H and O–H groups in total. The van der Waals surface area contributed by atoms with Crippen molar-refractivity contribution in [2.24, 2.45) is 0 Å². The van der Waals surface area contributed by atoms with Crippen LogP contribution < -0.4 is 15.0 Å². The van der Waals surface area contributed by atoms with Crippen molar-refractivity contribution < 1.29 is 18.3 Å². The Morgan fingerprint density at radius 2 is 1.93 bits per heavy atom. The van der Waals surface area contributed by atoms with Crippen LogP contribution in [0.1, 0.15) is 50.3 Å². The highest BCUT2D eigenvalue weighted by Gasteiger charge is 2.32. The number of aryl methyl sites for hydroxylation is 1. The van der Waals surface area contributed by atoms with Crippen LogP contribution in [0.4, 0.5) is 25.0 Å². The van der Waals surface area contributed by atoms with E-state index < -0.39 is 6.61 Å². The Kier molecular flexibility index (Phi) is 6.11. The summed E-state index contributed by atoms with van der Waals surface area (Å²) in [6, 6.07) is 10.7. The maximum Gasteiger partial charge on any atom is 0.388 e. The summed E-state index contributed by atoms with van der Waals surface area (Å²) >= 11 is 0. The maximum absolute atomic E-state index is 13.2. The second kappa shape index (κ2) is 8.54. The monoisotopic (exact) mass is 389 g/mol. The summed E-state index contributed by atoms with van der Waals surface area (Å²) in [5, 5.41) is 2.72. The number of amides is 2. The lowest BCUT2D eigenvalue weighted by Gasteiger charge is -2.39. The molecule has 1 heterocycles. The Hall–Kier alpha value is -2.70. The first kappa shape index (κ1) is 20.0. The fourth-order valence-electron chi connectivity index (χ4n) is 3.29. The molecule has 28 heavy (non-hydrogen) atoms. The lowest BCUT2D eigenvalue weighted by atomic mass is 9.90. The van der Waals surface area contributed by atoms with Crippen LogP contribution in [0.5, 0.6) is 5.88 Å². The molecular formula is C21H25F2N3O2. The zero-order valence-electron chi connectivity index (χ0n) is 16.3. The standard InChI is InChI=1S/C21H25F2N3O2/c1-13(2)16-9-4-5-10-18(16)26(15-7-6-8-15)21(27)25-17-12-11-14(3)24-19(17)28-20(22)23/h4-5,9-13,15,20H,6-8H2,1-3H3,(H,25,27). The van der Waals surface area contributed by atoms with Crippen LogP contribution in [0.25, 0.3) is 0 Å². The number of carbonyl (C=O) groups is 1. The fraction of sp³-hybridized carbons (Fsp3) is 0.429. The van der Waals surface area contributed by atoms with E-state index in [4.69, 9.17) is 0 Å².